The highest BCUT2D eigenvalue weighted by molar-refractivity contribution is 9.10. The molecule has 0 heterocycles. The normalized spacial score (nSPS) is 10.4. The number of nitrogens with zero attached hydrogens (tertiary/aromatic N) is 1. The lowest BCUT2D eigenvalue weighted by molar-refractivity contribution is 0.415. The average molecular weight is 335 g/mol. The number of ether oxygens (including phenoxy) is 1. The number of hydrogen-bond acceptors (Lipinski definition) is 3. The smallest absolute Gasteiger partial charge is 0.142 e. The third kappa shape index (κ3) is 3.14. The quantitative estimate of drug-likeness (QED) is 0.896. The third-order valence-electron chi connectivity index (χ3n) is 3.22. The monoisotopic (exact) mass is 334 g/mol. The van der Waals surface area contributed by atoms with Crippen LogP contribution in [0.5, 0.6) is 5.75 Å². The Bertz CT molecular complexity index is 586. The van der Waals surface area contributed by atoms with E-state index < -0.39 is 0 Å². The van der Waals surface area contributed by atoms with Gasteiger partial charge in [-0.15, -0.1) is 0 Å². The molecule has 0 aliphatic rings. The molecule has 4 heteroatoms. The van der Waals surface area contributed by atoms with Crippen LogP contribution in [0.3, 0.4) is 0 Å². The lowest BCUT2D eigenvalue weighted by atomic mass is 10.1. The molecular formula is C16H19BrN2O. The van der Waals surface area contributed by atoms with Gasteiger partial charge in [-0.05, 0) is 36.9 Å². The fraction of sp³-hybridized carbons (Fsp3) is 0.250. The van der Waals surface area contributed by atoms with Crippen molar-refractivity contribution in [2.75, 3.05) is 26.1 Å². The Labute approximate surface area is 128 Å². The second-order valence-electron chi connectivity index (χ2n) is 4.53. The molecule has 0 amide bonds. The highest BCUT2D eigenvalue weighted by atomic mass is 79.9. The van der Waals surface area contributed by atoms with Gasteiger partial charge in [0.15, 0.2) is 0 Å². The second kappa shape index (κ2) is 6.77. The van der Waals surface area contributed by atoms with Gasteiger partial charge in [-0.1, -0.05) is 34.1 Å². The van der Waals surface area contributed by atoms with Crippen LogP contribution in [0.1, 0.15) is 5.56 Å². The Hall–Kier alpha value is -1.52. The molecule has 0 bridgehead atoms. The molecule has 2 aromatic rings. The SMILES string of the molecule is CNCc1ccc(Br)cc1N(C)c1ccccc1OC. The topological polar surface area (TPSA) is 24.5 Å². The first kappa shape index (κ1) is 14.9. The second-order valence-corrected chi connectivity index (χ2v) is 5.45. The van der Waals surface area contributed by atoms with Gasteiger partial charge in [-0.25, -0.2) is 0 Å². The van der Waals surface area contributed by atoms with Crippen LogP contribution in [-0.2, 0) is 6.54 Å². The summed E-state index contributed by atoms with van der Waals surface area (Å²) in [5.74, 6) is 0.866. The fourth-order valence-corrected chi connectivity index (χ4v) is 2.57. The van der Waals surface area contributed by atoms with E-state index in [1.54, 1.807) is 7.11 Å². The molecule has 0 aliphatic carbocycles. The van der Waals surface area contributed by atoms with Crippen molar-refractivity contribution in [3.63, 3.8) is 0 Å². The Morgan fingerprint density at radius 3 is 2.60 bits per heavy atom. The third-order valence-corrected chi connectivity index (χ3v) is 3.72. The molecule has 0 aliphatic heterocycles. The fourth-order valence-electron chi connectivity index (χ4n) is 2.23. The first-order chi connectivity index (χ1) is 9.67. The maximum absolute atomic E-state index is 5.45. The standard InChI is InChI=1S/C16H19BrN2O/c1-18-11-12-8-9-13(17)10-15(12)19(2)14-6-4-5-7-16(14)20-3/h4-10,18H,11H2,1-3H3. The van der Waals surface area contributed by atoms with Gasteiger partial charge < -0.3 is 15.0 Å². The first-order valence-electron chi connectivity index (χ1n) is 6.47. The summed E-state index contributed by atoms with van der Waals surface area (Å²) < 4.78 is 6.51. The van der Waals surface area contributed by atoms with Gasteiger partial charge in [0.2, 0.25) is 0 Å². The number of para-hydroxylation sites is 2. The first-order valence-corrected chi connectivity index (χ1v) is 7.26. The van der Waals surface area contributed by atoms with Crippen LogP contribution in [0.2, 0.25) is 0 Å². The summed E-state index contributed by atoms with van der Waals surface area (Å²) in [7, 11) is 5.70. The number of hydrogen-bond donors (Lipinski definition) is 1. The van der Waals surface area contributed by atoms with Crippen LogP contribution < -0.4 is 15.0 Å². The molecule has 0 atom stereocenters. The highest BCUT2D eigenvalue weighted by Crippen LogP contribution is 2.35. The van der Waals surface area contributed by atoms with Gasteiger partial charge in [-0.3, -0.25) is 0 Å². The highest BCUT2D eigenvalue weighted by Gasteiger charge is 2.13. The summed E-state index contributed by atoms with van der Waals surface area (Å²) in [6.07, 6.45) is 0. The van der Waals surface area contributed by atoms with E-state index in [9.17, 15) is 0 Å². The Morgan fingerprint density at radius 2 is 1.90 bits per heavy atom. The summed E-state index contributed by atoms with van der Waals surface area (Å²) in [6.45, 7) is 0.822. The van der Waals surface area contributed by atoms with E-state index in [4.69, 9.17) is 4.74 Å². The molecule has 0 unspecified atom stereocenters. The van der Waals surface area contributed by atoms with E-state index in [-0.39, 0.29) is 0 Å². The predicted octanol–water partition coefficient (Wildman–Crippen LogP) is 3.95. The maximum atomic E-state index is 5.45. The molecule has 0 saturated carbocycles. The summed E-state index contributed by atoms with van der Waals surface area (Å²) in [5.41, 5.74) is 3.44. The van der Waals surface area contributed by atoms with Crippen molar-refractivity contribution < 1.29 is 4.74 Å². The van der Waals surface area contributed by atoms with Crippen molar-refractivity contribution in [1.29, 1.82) is 0 Å². The van der Waals surface area contributed by atoms with Crippen LogP contribution in [0.15, 0.2) is 46.9 Å². The zero-order valence-electron chi connectivity index (χ0n) is 12.0. The number of nitrogens with one attached hydrogen (secondary N) is 1. The zero-order valence-corrected chi connectivity index (χ0v) is 13.6. The molecule has 2 rings (SSSR count). The lowest BCUT2D eigenvalue weighted by Gasteiger charge is -2.24. The number of anilines is 2. The molecule has 0 spiro atoms. The minimum absolute atomic E-state index is 0.822. The van der Waals surface area contributed by atoms with Gasteiger partial charge >= 0.3 is 0 Å². The van der Waals surface area contributed by atoms with Gasteiger partial charge in [0, 0.05) is 23.8 Å². The van der Waals surface area contributed by atoms with Crippen molar-refractivity contribution in [2.24, 2.45) is 0 Å². The van der Waals surface area contributed by atoms with E-state index in [0.29, 0.717) is 0 Å². The summed E-state index contributed by atoms with van der Waals surface area (Å²) >= 11 is 3.55. The van der Waals surface area contributed by atoms with Gasteiger partial charge in [0.05, 0.1) is 12.8 Å². The van der Waals surface area contributed by atoms with Crippen LogP contribution in [0, 0.1) is 0 Å². The van der Waals surface area contributed by atoms with Gasteiger partial charge in [0.1, 0.15) is 5.75 Å². The van der Waals surface area contributed by atoms with E-state index in [1.165, 1.54) is 5.56 Å². The minimum Gasteiger partial charge on any atom is -0.495 e. The lowest BCUT2D eigenvalue weighted by Crippen LogP contribution is -2.15. The van der Waals surface area contributed by atoms with Crippen LogP contribution in [0.4, 0.5) is 11.4 Å². The molecule has 0 radical (unpaired) electrons. The van der Waals surface area contributed by atoms with Crippen LogP contribution in [-0.4, -0.2) is 21.2 Å². The molecule has 0 saturated heterocycles. The number of benzene rings is 2. The Morgan fingerprint density at radius 1 is 1.15 bits per heavy atom. The van der Waals surface area contributed by atoms with E-state index in [1.807, 2.05) is 25.2 Å². The van der Waals surface area contributed by atoms with Crippen LogP contribution >= 0.6 is 15.9 Å². The van der Waals surface area contributed by atoms with Gasteiger partial charge in [0.25, 0.3) is 0 Å². The molecule has 106 valence electrons. The maximum Gasteiger partial charge on any atom is 0.142 e. The molecule has 0 aromatic heterocycles. The summed E-state index contributed by atoms with van der Waals surface area (Å²) in [5, 5.41) is 3.21. The average Bonchev–Trinajstić information content (AvgIpc) is 2.48. The molecule has 1 N–H and O–H groups in total. The molecule has 3 nitrogen and oxygen atoms in total. The minimum atomic E-state index is 0.822. The van der Waals surface area contributed by atoms with Gasteiger partial charge in [-0.2, -0.15) is 0 Å². The molecule has 2 aromatic carbocycles. The largest absolute Gasteiger partial charge is 0.495 e. The van der Waals surface area contributed by atoms with Crippen molar-refractivity contribution >= 4 is 27.3 Å². The number of rotatable bonds is 5. The molecular weight excluding hydrogens is 316 g/mol. The van der Waals surface area contributed by atoms with Crippen molar-refractivity contribution in [2.45, 2.75) is 6.54 Å². The van der Waals surface area contributed by atoms with Crippen LogP contribution in [0.25, 0.3) is 0 Å². The Kier molecular flexibility index (Phi) is 5.04. The van der Waals surface area contributed by atoms with Crippen molar-refractivity contribution in [3.8, 4) is 5.75 Å². The van der Waals surface area contributed by atoms with E-state index >= 15 is 0 Å². The molecule has 0 fully saturated rings. The zero-order chi connectivity index (χ0) is 14.5. The molecule has 20 heavy (non-hydrogen) atoms. The summed E-state index contributed by atoms with van der Waals surface area (Å²) in [4.78, 5) is 2.15. The predicted molar refractivity (Wildman–Crippen MR) is 88.0 cm³/mol. The van der Waals surface area contributed by atoms with E-state index in [2.05, 4.69) is 57.5 Å². The van der Waals surface area contributed by atoms with Crippen molar-refractivity contribution in [3.05, 3.63) is 52.5 Å². The van der Waals surface area contributed by atoms with E-state index in [0.717, 1.165) is 28.1 Å². The number of methoxy groups -OCH3 is 1. The van der Waals surface area contributed by atoms with Crippen molar-refractivity contribution in [1.82, 2.24) is 5.32 Å². The summed E-state index contributed by atoms with van der Waals surface area (Å²) in [6, 6.07) is 14.3. The Balaban J connectivity index is 2.46. The number of halogens is 1.